The van der Waals surface area contributed by atoms with Gasteiger partial charge in [0.05, 0.1) is 13.2 Å². The summed E-state index contributed by atoms with van der Waals surface area (Å²) in [6.07, 6.45) is 8.39. The third-order valence-corrected chi connectivity index (χ3v) is 4.22. The van der Waals surface area contributed by atoms with Crippen molar-refractivity contribution in [3.8, 4) is 0 Å². The average molecular weight is 272 g/mol. The van der Waals surface area contributed by atoms with Crippen molar-refractivity contribution in [1.29, 1.82) is 0 Å². The summed E-state index contributed by atoms with van der Waals surface area (Å²) < 4.78 is 5.39. The van der Waals surface area contributed by atoms with Gasteiger partial charge in [-0.1, -0.05) is 12.2 Å². The molecule has 0 saturated carbocycles. The standard InChI is InChI=1S/C17H24N2O/c1-2-4-15(5-3-1)14-18-16-6-8-17(9-7-16)19-10-12-20-13-11-19/h1-2,6-9,15,18H,3-5,10-14H2. The van der Waals surface area contributed by atoms with Crippen molar-refractivity contribution in [2.24, 2.45) is 5.92 Å². The molecule has 0 spiro atoms. The highest BCUT2D eigenvalue weighted by molar-refractivity contribution is 5.55. The molecule has 0 bridgehead atoms. The van der Waals surface area contributed by atoms with Crippen LogP contribution in [0.2, 0.25) is 0 Å². The molecular formula is C17H24N2O. The Morgan fingerprint density at radius 2 is 1.90 bits per heavy atom. The number of benzene rings is 1. The minimum absolute atomic E-state index is 0.791. The maximum atomic E-state index is 5.39. The molecule has 1 aliphatic carbocycles. The SMILES string of the molecule is C1=CCC(CNc2ccc(N3CCOCC3)cc2)CC1. The van der Waals surface area contributed by atoms with E-state index in [2.05, 4.69) is 46.6 Å². The fourth-order valence-corrected chi connectivity index (χ4v) is 2.92. The van der Waals surface area contributed by atoms with Gasteiger partial charge in [0.2, 0.25) is 0 Å². The molecule has 3 heteroatoms. The van der Waals surface area contributed by atoms with Gasteiger partial charge < -0.3 is 15.0 Å². The Balaban J connectivity index is 1.51. The fraction of sp³-hybridized carbons (Fsp3) is 0.529. The summed E-state index contributed by atoms with van der Waals surface area (Å²) in [4.78, 5) is 2.39. The highest BCUT2D eigenvalue weighted by Crippen LogP contribution is 2.21. The van der Waals surface area contributed by atoms with Crippen LogP contribution in [0.1, 0.15) is 19.3 Å². The molecule has 1 aromatic carbocycles. The lowest BCUT2D eigenvalue weighted by molar-refractivity contribution is 0.122. The van der Waals surface area contributed by atoms with E-state index in [1.807, 2.05) is 0 Å². The van der Waals surface area contributed by atoms with Crippen LogP contribution in [0.15, 0.2) is 36.4 Å². The van der Waals surface area contributed by atoms with E-state index in [0.717, 1.165) is 38.8 Å². The van der Waals surface area contributed by atoms with E-state index in [1.165, 1.54) is 30.6 Å². The molecular weight excluding hydrogens is 248 g/mol. The average Bonchev–Trinajstić information content (AvgIpc) is 2.55. The van der Waals surface area contributed by atoms with Crippen molar-refractivity contribution >= 4 is 11.4 Å². The zero-order chi connectivity index (χ0) is 13.6. The lowest BCUT2D eigenvalue weighted by atomic mass is 9.94. The molecule has 1 aliphatic heterocycles. The van der Waals surface area contributed by atoms with E-state index in [0.29, 0.717) is 0 Å². The molecule has 1 N–H and O–H groups in total. The summed E-state index contributed by atoms with van der Waals surface area (Å²) in [5, 5.41) is 3.57. The van der Waals surface area contributed by atoms with Crippen molar-refractivity contribution < 1.29 is 4.74 Å². The molecule has 1 aromatic rings. The third-order valence-electron chi connectivity index (χ3n) is 4.22. The van der Waals surface area contributed by atoms with Gasteiger partial charge in [0, 0.05) is 31.0 Å². The summed E-state index contributed by atoms with van der Waals surface area (Å²) in [5.41, 5.74) is 2.54. The van der Waals surface area contributed by atoms with Gasteiger partial charge in [-0.3, -0.25) is 0 Å². The second kappa shape index (κ2) is 6.80. The number of hydrogen-bond donors (Lipinski definition) is 1. The van der Waals surface area contributed by atoms with Crippen LogP contribution in [0.3, 0.4) is 0 Å². The number of hydrogen-bond acceptors (Lipinski definition) is 3. The number of ether oxygens (including phenoxy) is 1. The number of nitrogens with zero attached hydrogens (tertiary/aromatic N) is 1. The van der Waals surface area contributed by atoms with Gasteiger partial charge in [-0.2, -0.15) is 0 Å². The summed E-state index contributed by atoms with van der Waals surface area (Å²) >= 11 is 0. The van der Waals surface area contributed by atoms with Crippen molar-refractivity contribution in [3.05, 3.63) is 36.4 Å². The predicted molar refractivity (Wildman–Crippen MR) is 84.4 cm³/mol. The molecule has 0 radical (unpaired) electrons. The lowest BCUT2D eigenvalue weighted by Gasteiger charge is -2.29. The minimum atomic E-state index is 0.791. The van der Waals surface area contributed by atoms with Crippen LogP contribution in [0.4, 0.5) is 11.4 Å². The molecule has 3 nitrogen and oxygen atoms in total. The maximum absolute atomic E-state index is 5.39. The first-order valence-electron chi connectivity index (χ1n) is 7.73. The van der Waals surface area contributed by atoms with Crippen LogP contribution in [-0.2, 0) is 4.74 Å². The third kappa shape index (κ3) is 3.54. The zero-order valence-electron chi connectivity index (χ0n) is 12.1. The van der Waals surface area contributed by atoms with Crippen molar-refractivity contribution in [1.82, 2.24) is 0 Å². The Hall–Kier alpha value is -1.48. The minimum Gasteiger partial charge on any atom is -0.385 e. The van der Waals surface area contributed by atoms with Crippen LogP contribution in [0, 0.1) is 5.92 Å². The predicted octanol–water partition coefficient (Wildman–Crippen LogP) is 3.29. The van der Waals surface area contributed by atoms with Crippen LogP contribution >= 0.6 is 0 Å². The van der Waals surface area contributed by atoms with Gasteiger partial charge in [0.1, 0.15) is 0 Å². The van der Waals surface area contributed by atoms with E-state index in [4.69, 9.17) is 4.74 Å². The summed E-state index contributed by atoms with van der Waals surface area (Å²) in [7, 11) is 0. The lowest BCUT2D eigenvalue weighted by Crippen LogP contribution is -2.36. The molecule has 20 heavy (non-hydrogen) atoms. The van der Waals surface area contributed by atoms with E-state index >= 15 is 0 Å². The van der Waals surface area contributed by atoms with Crippen molar-refractivity contribution in [3.63, 3.8) is 0 Å². The fourth-order valence-electron chi connectivity index (χ4n) is 2.92. The van der Waals surface area contributed by atoms with Crippen molar-refractivity contribution in [2.75, 3.05) is 43.1 Å². The largest absolute Gasteiger partial charge is 0.385 e. The molecule has 2 aliphatic rings. The van der Waals surface area contributed by atoms with Gasteiger partial charge in [-0.25, -0.2) is 0 Å². The second-order valence-corrected chi connectivity index (χ2v) is 5.68. The Kier molecular flexibility index (Phi) is 4.59. The summed E-state index contributed by atoms with van der Waals surface area (Å²) in [6, 6.07) is 8.83. The molecule has 0 aromatic heterocycles. The summed E-state index contributed by atoms with van der Waals surface area (Å²) in [6.45, 7) is 4.77. The van der Waals surface area contributed by atoms with Crippen LogP contribution in [0.25, 0.3) is 0 Å². The number of rotatable bonds is 4. The van der Waals surface area contributed by atoms with Crippen LogP contribution in [-0.4, -0.2) is 32.8 Å². The van der Waals surface area contributed by atoms with E-state index in [9.17, 15) is 0 Å². The number of nitrogens with one attached hydrogen (secondary N) is 1. The van der Waals surface area contributed by atoms with Gasteiger partial charge in [-0.05, 0) is 49.4 Å². The number of morpholine rings is 1. The topological polar surface area (TPSA) is 24.5 Å². The van der Waals surface area contributed by atoms with Crippen LogP contribution < -0.4 is 10.2 Å². The first-order chi connectivity index (χ1) is 9.92. The van der Waals surface area contributed by atoms with Gasteiger partial charge >= 0.3 is 0 Å². The Bertz CT molecular complexity index is 435. The highest BCUT2D eigenvalue weighted by atomic mass is 16.5. The summed E-state index contributed by atoms with van der Waals surface area (Å²) in [5.74, 6) is 0.791. The van der Waals surface area contributed by atoms with Gasteiger partial charge in [0.15, 0.2) is 0 Å². The van der Waals surface area contributed by atoms with Gasteiger partial charge in [-0.15, -0.1) is 0 Å². The Labute approximate surface area is 121 Å². The van der Waals surface area contributed by atoms with E-state index in [-0.39, 0.29) is 0 Å². The Morgan fingerprint density at radius 3 is 2.60 bits per heavy atom. The smallest absolute Gasteiger partial charge is 0.0642 e. The quantitative estimate of drug-likeness (QED) is 0.851. The number of anilines is 2. The first-order valence-corrected chi connectivity index (χ1v) is 7.73. The molecule has 1 atom stereocenters. The molecule has 1 fully saturated rings. The van der Waals surface area contributed by atoms with Gasteiger partial charge in [0.25, 0.3) is 0 Å². The number of allylic oxidation sites excluding steroid dienone is 2. The normalized spacial score (nSPS) is 22.8. The second-order valence-electron chi connectivity index (χ2n) is 5.68. The highest BCUT2D eigenvalue weighted by Gasteiger charge is 2.11. The molecule has 108 valence electrons. The molecule has 1 heterocycles. The zero-order valence-corrected chi connectivity index (χ0v) is 12.1. The van der Waals surface area contributed by atoms with E-state index in [1.54, 1.807) is 0 Å². The van der Waals surface area contributed by atoms with Crippen LogP contribution in [0.5, 0.6) is 0 Å². The Morgan fingerprint density at radius 1 is 1.10 bits per heavy atom. The molecule has 1 unspecified atom stereocenters. The molecule has 3 rings (SSSR count). The van der Waals surface area contributed by atoms with E-state index < -0.39 is 0 Å². The molecule has 1 saturated heterocycles. The monoisotopic (exact) mass is 272 g/mol. The first kappa shape index (κ1) is 13.5. The van der Waals surface area contributed by atoms with Crippen molar-refractivity contribution in [2.45, 2.75) is 19.3 Å². The maximum Gasteiger partial charge on any atom is 0.0642 e. The molecule has 0 amide bonds.